The van der Waals surface area contributed by atoms with Gasteiger partial charge in [0.05, 0.1) is 29.8 Å². The molecule has 34 heavy (non-hydrogen) atoms. The van der Waals surface area contributed by atoms with Gasteiger partial charge in [0, 0.05) is 36.0 Å². The van der Waals surface area contributed by atoms with Crippen LogP contribution in [0.2, 0.25) is 0 Å². The van der Waals surface area contributed by atoms with Crippen molar-refractivity contribution in [2.45, 2.75) is 13.0 Å². The zero-order valence-corrected chi connectivity index (χ0v) is 18.3. The second-order valence-electron chi connectivity index (χ2n) is 7.55. The number of nitro benzene ring substituents is 1. The van der Waals surface area contributed by atoms with Crippen LogP contribution in [0, 0.1) is 10.1 Å². The van der Waals surface area contributed by atoms with Gasteiger partial charge in [0.1, 0.15) is 0 Å². The van der Waals surface area contributed by atoms with Crippen molar-refractivity contribution in [2.75, 3.05) is 7.11 Å². The summed E-state index contributed by atoms with van der Waals surface area (Å²) in [6, 6.07) is 20.4. The molecule has 172 valence electrons. The molecule has 0 bridgehead atoms. The molecule has 0 aliphatic rings. The van der Waals surface area contributed by atoms with Gasteiger partial charge in [-0.3, -0.25) is 14.9 Å². The lowest BCUT2D eigenvalue weighted by Gasteiger charge is -2.08. The molecule has 0 saturated heterocycles. The van der Waals surface area contributed by atoms with E-state index in [0.29, 0.717) is 22.6 Å². The van der Waals surface area contributed by atoms with E-state index in [0.717, 1.165) is 11.3 Å². The molecule has 0 radical (unpaired) electrons. The monoisotopic (exact) mass is 458 g/mol. The van der Waals surface area contributed by atoms with Crippen molar-refractivity contribution < 1.29 is 19.6 Å². The lowest BCUT2D eigenvalue weighted by atomic mass is 10.1. The largest absolute Gasteiger partial charge is 0.504 e. The molecule has 1 amide bonds. The molecule has 0 unspecified atom stereocenters. The molecule has 9 nitrogen and oxygen atoms in total. The second kappa shape index (κ2) is 9.86. The van der Waals surface area contributed by atoms with Crippen molar-refractivity contribution >= 4 is 11.6 Å². The van der Waals surface area contributed by atoms with Crippen LogP contribution in [-0.4, -0.2) is 32.8 Å². The quantitative estimate of drug-likeness (QED) is 0.304. The Bertz CT molecular complexity index is 1320. The van der Waals surface area contributed by atoms with E-state index < -0.39 is 4.92 Å². The van der Waals surface area contributed by atoms with E-state index in [1.807, 2.05) is 30.3 Å². The molecular formula is C25H22N4O5. The highest BCUT2D eigenvalue weighted by Crippen LogP contribution is 2.27. The third kappa shape index (κ3) is 5.04. The molecule has 0 spiro atoms. The number of amides is 1. The van der Waals surface area contributed by atoms with Crippen LogP contribution in [0.25, 0.3) is 16.9 Å². The maximum atomic E-state index is 12.8. The van der Waals surface area contributed by atoms with E-state index in [9.17, 15) is 20.0 Å². The standard InChI is InChI=1S/C25H22N4O5/c1-34-23-13-17(7-12-22(23)30)15-26-24(31)14-19-16-28(20-5-3-2-4-6-20)27-25(19)18-8-10-21(11-9-18)29(32)33/h2-13,16,30H,14-15H2,1H3,(H,26,31). The summed E-state index contributed by atoms with van der Waals surface area (Å²) in [7, 11) is 1.46. The fourth-order valence-corrected chi connectivity index (χ4v) is 3.50. The Morgan fingerprint density at radius 1 is 1.12 bits per heavy atom. The van der Waals surface area contributed by atoms with Crippen molar-refractivity contribution in [1.82, 2.24) is 15.1 Å². The summed E-state index contributed by atoms with van der Waals surface area (Å²) in [5.41, 5.74) is 3.51. The first-order chi connectivity index (χ1) is 16.4. The highest BCUT2D eigenvalue weighted by molar-refractivity contribution is 5.81. The van der Waals surface area contributed by atoms with Gasteiger partial charge in [0.15, 0.2) is 11.5 Å². The van der Waals surface area contributed by atoms with E-state index in [2.05, 4.69) is 10.4 Å². The number of aromatic hydroxyl groups is 1. The number of hydrogen-bond acceptors (Lipinski definition) is 6. The fourth-order valence-electron chi connectivity index (χ4n) is 3.50. The van der Waals surface area contributed by atoms with Crippen LogP contribution >= 0.6 is 0 Å². The Kier molecular flexibility index (Phi) is 6.54. The molecule has 0 atom stereocenters. The number of rotatable bonds is 8. The summed E-state index contributed by atoms with van der Waals surface area (Å²) in [4.78, 5) is 23.3. The molecule has 0 fully saturated rings. The first-order valence-electron chi connectivity index (χ1n) is 10.5. The van der Waals surface area contributed by atoms with E-state index in [-0.39, 0.29) is 30.3 Å². The Morgan fingerprint density at radius 2 is 1.85 bits per heavy atom. The van der Waals surface area contributed by atoms with Gasteiger partial charge < -0.3 is 15.2 Å². The Morgan fingerprint density at radius 3 is 2.53 bits per heavy atom. The third-order valence-corrected chi connectivity index (χ3v) is 5.25. The predicted molar refractivity (Wildman–Crippen MR) is 126 cm³/mol. The Labute approximate surface area is 195 Å². The number of phenolic OH excluding ortho intramolecular Hbond substituents is 1. The third-order valence-electron chi connectivity index (χ3n) is 5.25. The number of para-hydroxylation sites is 1. The summed E-state index contributed by atoms with van der Waals surface area (Å²) in [6.07, 6.45) is 1.85. The molecule has 9 heteroatoms. The van der Waals surface area contributed by atoms with Crippen molar-refractivity contribution in [3.8, 4) is 28.4 Å². The van der Waals surface area contributed by atoms with Gasteiger partial charge in [0.25, 0.3) is 5.69 Å². The van der Waals surface area contributed by atoms with E-state index >= 15 is 0 Å². The van der Waals surface area contributed by atoms with Crippen LogP contribution in [-0.2, 0) is 17.8 Å². The van der Waals surface area contributed by atoms with Crippen molar-refractivity contribution in [1.29, 1.82) is 0 Å². The number of methoxy groups -OCH3 is 1. The predicted octanol–water partition coefficient (Wildman–Crippen LogP) is 4.02. The zero-order chi connectivity index (χ0) is 24.1. The molecule has 4 aromatic rings. The minimum Gasteiger partial charge on any atom is -0.504 e. The molecule has 1 heterocycles. The lowest BCUT2D eigenvalue weighted by Crippen LogP contribution is -2.24. The maximum absolute atomic E-state index is 12.8. The zero-order valence-electron chi connectivity index (χ0n) is 18.3. The number of non-ortho nitro benzene ring substituents is 1. The number of nitro groups is 1. The molecule has 2 N–H and O–H groups in total. The number of phenols is 1. The van der Waals surface area contributed by atoms with Gasteiger partial charge in [-0.2, -0.15) is 5.10 Å². The van der Waals surface area contributed by atoms with Crippen LogP contribution in [0.5, 0.6) is 11.5 Å². The molecule has 0 aliphatic carbocycles. The number of aromatic nitrogens is 2. The average Bonchev–Trinajstić information content (AvgIpc) is 3.27. The second-order valence-corrected chi connectivity index (χ2v) is 7.55. The van der Waals surface area contributed by atoms with Gasteiger partial charge in [0.2, 0.25) is 5.91 Å². The summed E-state index contributed by atoms with van der Waals surface area (Å²) in [5.74, 6) is 0.137. The van der Waals surface area contributed by atoms with Crippen LogP contribution in [0.3, 0.4) is 0 Å². The Balaban J connectivity index is 1.57. The first-order valence-corrected chi connectivity index (χ1v) is 10.5. The Hall–Kier alpha value is -4.66. The molecule has 1 aromatic heterocycles. The molecular weight excluding hydrogens is 436 g/mol. The van der Waals surface area contributed by atoms with Crippen LogP contribution in [0.1, 0.15) is 11.1 Å². The normalized spacial score (nSPS) is 10.6. The van der Waals surface area contributed by atoms with Crippen molar-refractivity contribution in [2.24, 2.45) is 0 Å². The SMILES string of the molecule is COc1cc(CNC(=O)Cc2cn(-c3ccccc3)nc2-c2ccc([N+](=O)[O-])cc2)ccc1O. The summed E-state index contributed by atoms with van der Waals surface area (Å²) < 4.78 is 6.79. The van der Waals surface area contributed by atoms with Crippen molar-refractivity contribution in [3.05, 3.63) is 100 Å². The number of benzene rings is 3. The number of nitrogens with zero attached hydrogens (tertiary/aromatic N) is 3. The van der Waals surface area contributed by atoms with Gasteiger partial charge in [-0.05, 0) is 42.0 Å². The van der Waals surface area contributed by atoms with Crippen LogP contribution in [0.4, 0.5) is 5.69 Å². The molecule has 0 aliphatic heterocycles. The first kappa shape index (κ1) is 22.5. The highest BCUT2D eigenvalue weighted by Gasteiger charge is 2.17. The van der Waals surface area contributed by atoms with E-state index in [1.165, 1.54) is 25.3 Å². The minimum absolute atomic E-state index is 0.0186. The number of ether oxygens (including phenoxy) is 1. The summed E-state index contributed by atoms with van der Waals surface area (Å²) in [6.45, 7) is 0.259. The van der Waals surface area contributed by atoms with Gasteiger partial charge >= 0.3 is 0 Å². The fraction of sp³-hybridized carbons (Fsp3) is 0.120. The van der Waals surface area contributed by atoms with Gasteiger partial charge in [-0.1, -0.05) is 24.3 Å². The van der Waals surface area contributed by atoms with Gasteiger partial charge in [-0.25, -0.2) is 4.68 Å². The minimum atomic E-state index is -0.459. The average molecular weight is 458 g/mol. The van der Waals surface area contributed by atoms with Crippen LogP contribution < -0.4 is 10.1 Å². The molecule has 3 aromatic carbocycles. The maximum Gasteiger partial charge on any atom is 0.269 e. The highest BCUT2D eigenvalue weighted by atomic mass is 16.6. The number of carbonyl (C=O) groups is 1. The molecule has 4 rings (SSSR count). The van der Waals surface area contributed by atoms with E-state index in [1.54, 1.807) is 35.1 Å². The number of nitrogens with one attached hydrogen (secondary N) is 1. The summed E-state index contributed by atoms with van der Waals surface area (Å²) >= 11 is 0. The molecule has 0 saturated carbocycles. The van der Waals surface area contributed by atoms with Crippen molar-refractivity contribution in [3.63, 3.8) is 0 Å². The topological polar surface area (TPSA) is 120 Å². The smallest absolute Gasteiger partial charge is 0.269 e. The van der Waals surface area contributed by atoms with Gasteiger partial charge in [-0.15, -0.1) is 0 Å². The van der Waals surface area contributed by atoms with Crippen LogP contribution in [0.15, 0.2) is 79.0 Å². The number of hydrogen-bond donors (Lipinski definition) is 2. The number of carbonyl (C=O) groups excluding carboxylic acids is 1. The lowest BCUT2D eigenvalue weighted by molar-refractivity contribution is -0.384. The van der Waals surface area contributed by atoms with E-state index in [4.69, 9.17) is 4.74 Å². The summed E-state index contributed by atoms with van der Waals surface area (Å²) in [5, 5.41) is 28.3.